The highest BCUT2D eigenvalue weighted by Crippen LogP contribution is 2.30. The third kappa shape index (κ3) is 2.32. The summed E-state index contributed by atoms with van der Waals surface area (Å²) in [6.45, 7) is 3.89. The van der Waals surface area contributed by atoms with Gasteiger partial charge < -0.3 is 4.98 Å². The molecule has 3 rings (SSSR count). The quantitative estimate of drug-likeness (QED) is 0.633. The fraction of sp³-hybridized carbons (Fsp3) is 0.111. The number of hydrogen-bond acceptors (Lipinski definition) is 0. The van der Waals surface area contributed by atoms with Crippen LogP contribution >= 0.6 is 0 Å². The van der Waals surface area contributed by atoms with Crippen molar-refractivity contribution < 1.29 is 0 Å². The van der Waals surface area contributed by atoms with Crippen LogP contribution in [0.2, 0.25) is 0 Å². The van der Waals surface area contributed by atoms with Gasteiger partial charge in [-0.25, -0.2) is 0 Å². The molecule has 1 atom stereocenters. The number of para-hydroxylation sites is 1. The summed E-state index contributed by atoms with van der Waals surface area (Å²) < 4.78 is 0. The van der Waals surface area contributed by atoms with Crippen LogP contribution in [-0.4, -0.2) is 4.98 Å². The minimum atomic E-state index is 0.353. The van der Waals surface area contributed by atoms with Gasteiger partial charge in [-0.05, 0) is 29.5 Å². The van der Waals surface area contributed by atoms with E-state index in [1.165, 1.54) is 22.2 Å². The molecule has 0 saturated heterocycles. The van der Waals surface area contributed by atoms with Gasteiger partial charge in [0.15, 0.2) is 0 Å². The van der Waals surface area contributed by atoms with E-state index in [4.69, 9.17) is 0 Å². The maximum Gasteiger partial charge on any atom is 0.0456 e. The minimum absolute atomic E-state index is 0.353. The zero-order chi connectivity index (χ0) is 13.1. The van der Waals surface area contributed by atoms with Crippen molar-refractivity contribution in [1.82, 2.24) is 4.98 Å². The van der Waals surface area contributed by atoms with Crippen molar-refractivity contribution in [3.05, 3.63) is 84.6 Å². The monoisotopic (exact) mass is 247 g/mol. The summed E-state index contributed by atoms with van der Waals surface area (Å²) in [7, 11) is 0. The lowest BCUT2D eigenvalue weighted by Crippen LogP contribution is -2.00. The summed E-state index contributed by atoms with van der Waals surface area (Å²) in [6.07, 6.45) is 2.93. The average molecular weight is 247 g/mol. The highest BCUT2D eigenvalue weighted by Gasteiger charge is 2.14. The Morgan fingerprint density at radius 2 is 1.74 bits per heavy atom. The highest BCUT2D eigenvalue weighted by molar-refractivity contribution is 5.80. The third-order valence-electron chi connectivity index (χ3n) is 3.53. The minimum Gasteiger partial charge on any atom is -0.358 e. The summed E-state index contributed by atoms with van der Waals surface area (Å²) in [6, 6.07) is 21.2. The van der Waals surface area contributed by atoms with Crippen molar-refractivity contribution in [2.24, 2.45) is 0 Å². The summed E-state index contributed by atoms with van der Waals surface area (Å²) in [5, 5.41) is 1.27. The number of nitrogens with one attached hydrogen (secondary N) is 1. The second-order valence-corrected chi connectivity index (χ2v) is 4.80. The standard InChI is InChI=1S/C18H17N/c1-2-8-16(14-9-4-3-5-10-14)18-13-15-11-6-7-12-17(15)19-18/h2-7,9-13,16,19H,1,8H2. The van der Waals surface area contributed by atoms with Crippen molar-refractivity contribution in [3.63, 3.8) is 0 Å². The van der Waals surface area contributed by atoms with Gasteiger partial charge in [0.2, 0.25) is 0 Å². The molecule has 0 saturated carbocycles. The molecule has 1 N–H and O–H groups in total. The Morgan fingerprint density at radius 1 is 1.00 bits per heavy atom. The van der Waals surface area contributed by atoms with Gasteiger partial charge >= 0.3 is 0 Å². The van der Waals surface area contributed by atoms with E-state index in [0.717, 1.165) is 6.42 Å². The number of aromatic nitrogens is 1. The lowest BCUT2D eigenvalue weighted by molar-refractivity contribution is 0.806. The van der Waals surface area contributed by atoms with Crippen molar-refractivity contribution in [2.75, 3.05) is 0 Å². The van der Waals surface area contributed by atoms with Crippen molar-refractivity contribution in [2.45, 2.75) is 12.3 Å². The van der Waals surface area contributed by atoms with Crippen LogP contribution in [0.4, 0.5) is 0 Å². The van der Waals surface area contributed by atoms with E-state index in [0.29, 0.717) is 5.92 Å². The van der Waals surface area contributed by atoms with Crippen LogP contribution in [0, 0.1) is 0 Å². The maximum absolute atomic E-state index is 3.89. The van der Waals surface area contributed by atoms with Crippen LogP contribution in [-0.2, 0) is 0 Å². The lowest BCUT2D eigenvalue weighted by Gasteiger charge is -2.14. The molecule has 0 spiro atoms. The van der Waals surface area contributed by atoms with Crippen LogP contribution in [0.15, 0.2) is 73.3 Å². The SMILES string of the molecule is C=CCC(c1ccccc1)c1cc2ccccc2[nH]1. The predicted molar refractivity (Wildman–Crippen MR) is 81.4 cm³/mol. The molecular weight excluding hydrogens is 230 g/mol. The van der Waals surface area contributed by atoms with Crippen LogP contribution < -0.4 is 0 Å². The molecule has 0 aliphatic carbocycles. The number of aromatic amines is 1. The first-order valence-electron chi connectivity index (χ1n) is 6.62. The van der Waals surface area contributed by atoms with Crippen molar-refractivity contribution >= 4 is 10.9 Å². The Balaban J connectivity index is 2.06. The number of H-pyrrole nitrogens is 1. The molecule has 0 fully saturated rings. The third-order valence-corrected chi connectivity index (χ3v) is 3.53. The van der Waals surface area contributed by atoms with E-state index >= 15 is 0 Å². The molecule has 0 aliphatic rings. The van der Waals surface area contributed by atoms with Gasteiger partial charge in [-0.2, -0.15) is 0 Å². The zero-order valence-corrected chi connectivity index (χ0v) is 10.8. The van der Waals surface area contributed by atoms with E-state index in [1.807, 2.05) is 6.08 Å². The van der Waals surface area contributed by atoms with E-state index in [-0.39, 0.29) is 0 Å². The van der Waals surface area contributed by atoms with E-state index < -0.39 is 0 Å². The summed E-state index contributed by atoms with van der Waals surface area (Å²) >= 11 is 0. The van der Waals surface area contributed by atoms with Gasteiger partial charge in [-0.3, -0.25) is 0 Å². The van der Waals surface area contributed by atoms with Gasteiger partial charge in [-0.15, -0.1) is 6.58 Å². The Morgan fingerprint density at radius 3 is 2.47 bits per heavy atom. The zero-order valence-electron chi connectivity index (χ0n) is 10.8. The molecule has 94 valence electrons. The van der Waals surface area contributed by atoms with Crippen molar-refractivity contribution in [1.29, 1.82) is 0 Å². The Labute approximate surface area is 113 Å². The van der Waals surface area contributed by atoms with Crippen LogP contribution in [0.1, 0.15) is 23.6 Å². The first kappa shape index (κ1) is 11.8. The topological polar surface area (TPSA) is 15.8 Å². The number of rotatable bonds is 4. The number of hydrogen-bond donors (Lipinski definition) is 1. The Bertz CT molecular complexity index is 646. The van der Waals surface area contributed by atoms with E-state index in [1.54, 1.807) is 0 Å². The Kier molecular flexibility index (Phi) is 3.20. The molecule has 1 aromatic heterocycles. The van der Waals surface area contributed by atoms with Gasteiger partial charge in [0.1, 0.15) is 0 Å². The first-order chi connectivity index (χ1) is 9.38. The molecule has 1 heteroatoms. The van der Waals surface area contributed by atoms with Gasteiger partial charge in [0, 0.05) is 17.1 Å². The molecule has 1 nitrogen and oxygen atoms in total. The van der Waals surface area contributed by atoms with E-state index in [9.17, 15) is 0 Å². The molecular formula is C18H17N. The first-order valence-corrected chi connectivity index (χ1v) is 6.62. The molecule has 0 radical (unpaired) electrons. The summed E-state index contributed by atoms with van der Waals surface area (Å²) in [5.74, 6) is 0.353. The predicted octanol–water partition coefficient (Wildman–Crippen LogP) is 4.88. The smallest absolute Gasteiger partial charge is 0.0456 e. The van der Waals surface area contributed by atoms with Crippen molar-refractivity contribution in [3.8, 4) is 0 Å². The van der Waals surface area contributed by atoms with Gasteiger partial charge in [-0.1, -0.05) is 54.6 Å². The second-order valence-electron chi connectivity index (χ2n) is 4.80. The maximum atomic E-state index is 3.89. The molecule has 19 heavy (non-hydrogen) atoms. The van der Waals surface area contributed by atoms with Gasteiger partial charge in [0.05, 0.1) is 0 Å². The fourth-order valence-electron chi connectivity index (χ4n) is 2.58. The normalized spacial score (nSPS) is 12.4. The molecule has 1 heterocycles. The van der Waals surface area contributed by atoms with Crippen LogP contribution in [0.25, 0.3) is 10.9 Å². The Hall–Kier alpha value is -2.28. The molecule has 2 aromatic carbocycles. The molecule has 0 bridgehead atoms. The van der Waals surface area contributed by atoms with E-state index in [2.05, 4.69) is 72.2 Å². The van der Waals surface area contributed by atoms with Crippen LogP contribution in [0.3, 0.4) is 0 Å². The van der Waals surface area contributed by atoms with Gasteiger partial charge in [0.25, 0.3) is 0 Å². The summed E-state index contributed by atoms with van der Waals surface area (Å²) in [5.41, 5.74) is 3.78. The summed E-state index contributed by atoms with van der Waals surface area (Å²) in [4.78, 5) is 3.53. The van der Waals surface area contributed by atoms with Crippen LogP contribution in [0.5, 0.6) is 0 Å². The lowest BCUT2D eigenvalue weighted by atomic mass is 9.92. The molecule has 3 aromatic rings. The molecule has 1 unspecified atom stereocenters. The average Bonchev–Trinajstić information content (AvgIpc) is 2.89. The number of allylic oxidation sites excluding steroid dienone is 1. The largest absolute Gasteiger partial charge is 0.358 e. The number of benzene rings is 2. The number of fused-ring (bicyclic) bond motifs is 1. The second kappa shape index (κ2) is 5.15. The highest BCUT2D eigenvalue weighted by atomic mass is 14.7. The fourth-order valence-corrected chi connectivity index (χ4v) is 2.58. The molecule has 0 aliphatic heterocycles. The molecule has 0 amide bonds.